The molecule has 1 fully saturated rings. The summed E-state index contributed by atoms with van der Waals surface area (Å²) >= 11 is 6.03. The molecule has 3 aromatic carbocycles. The summed E-state index contributed by atoms with van der Waals surface area (Å²) in [5.74, 6) is 1.99. The molecule has 1 saturated heterocycles. The highest BCUT2D eigenvalue weighted by Crippen LogP contribution is 2.33. The Morgan fingerprint density at radius 2 is 1.73 bits per heavy atom. The van der Waals surface area contributed by atoms with E-state index in [2.05, 4.69) is 36.6 Å². The lowest BCUT2D eigenvalue weighted by Gasteiger charge is -2.18. The standard InChI is InChI=1S/C27H26ClN3O2/c1-18-6-5-7-19(2)26(18)33-15-14-30-24-9-4-3-8-23(24)29-27(30)20-16-25(32)31(17-20)22-12-10-21(28)11-13-22/h3-13,20H,14-17H2,1-2H3. The molecule has 168 valence electrons. The molecule has 0 saturated carbocycles. The second kappa shape index (κ2) is 8.91. The second-order valence-corrected chi connectivity index (χ2v) is 9.00. The van der Waals surface area contributed by atoms with Gasteiger partial charge < -0.3 is 14.2 Å². The first-order chi connectivity index (χ1) is 16.0. The molecule has 2 heterocycles. The van der Waals surface area contributed by atoms with Crippen LogP contribution in [0.3, 0.4) is 0 Å². The lowest BCUT2D eigenvalue weighted by atomic mass is 10.1. The molecule has 4 aromatic rings. The van der Waals surface area contributed by atoms with Crippen LogP contribution in [-0.4, -0.2) is 28.6 Å². The summed E-state index contributed by atoms with van der Waals surface area (Å²) in [6.07, 6.45) is 0.434. The van der Waals surface area contributed by atoms with Crippen LogP contribution >= 0.6 is 11.6 Å². The molecule has 33 heavy (non-hydrogen) atoms. The number of nitrogens with zero attached hydrogens (tertiary/aromatic N) is 3. The molecule has 0 bridgehead atoms. The van der Waals surface area contributed by atoms with Crippen LogP contribution < -0.4 is 9.64 Å². The smallest absolute Gasteiger partial charge is 0.227 e. The number of hydrogen-bond acceptors (Lipinski definition) is 3. The van der Waals surface area contributed by atoms with E-state index in [1.54, 1.807) is 0 Å². The summed E-state index contributed by atoms with van der Waals surface area (Å²) < 4.78 is 8.41. The van der Waals surface area contributed by atoms with E-state index >= 15 is 0 Å². The van der Waals surface area contributed by atoms with Gasteiger partial charge >= 0.3 is 0 Å². The number of aromatic nitrogens is 2. The second-order valence-electron chi connectivity index (χ2n) is 8.56. The number of rotatable bonds is 6. The highest BCUT2D eigenvalue weighted by atomic mass is 35.5. The zero-order chi connectivity index (χ0) is 22.9. The topological polar surface area (TPSA) is 47.4 Å². The van der Waals surface area contributed by atoms with E-state index in [1.807, 2.05) is 53.4 Å². The summed E-state index contributed by atoms with van der Waals surface area (Å²) in [4.78, 5) is 19.6. The molecule has 1 aliphatic heterocycles. The predicted molar refractivity (Wildman–Crippen MR) is 132 cm³/mol. The van der Waals surface area contributed by atoms with Gasteiger partial charge in [-0.1, -0.05) is 41.9 Å². The Bertz CT molecular complexity index is 1290. The molecule has 5 nitrogen and oxygen atoms in total. The fraction of sp³-hybridized carbons (Fsp3) is 0.259. The summed E-state index contributed by atoms with van der Waals surface area (Å²) in [5, 5.41) is 0.660. The SMILES string of the molecule is Cc1cccc(C)c1OCCn1c(C2CC(=O)N(c3ccc(Cl)cc3)C2)nc2ccccc21. The monoisotopic (exact) mass is 459 g/mol. The van der Waals surface area contributed by atoms with Gasteiger partial charge in [0, 0.05) is 29.6 Å². The first-order valence-corrected chi connectivity index (χ1v) is 11.6. The Balaban J connectivity index is 1.41. The van der Waals surface area contributed by atoms with Gasteiger partial charge in [0.2, 0.25) is 5.91 Å². The normalized spacial score (nSPS) is 16.0. The van der Waals surface area contributed by atoms with Crippen LogP contribution in [0.1, 0.15) is 29.3 Å². The van der Waals surface area contributed by atoms with Crippen molar-refractivity contribution in [3.8, 4) is 5.75 Å². The van der Waals surface area contributed by atoms with Gasteiger partial charge in [-0.2, -0.15) is 0 Å². The number of imidazole rings is 1. The number of carbonyl (C=O) groups is 1. The number of hydrogen-bond donors (Lipinski definition) is 0. The summed E-state index contributed by atoms with van der Waals surface area (Å²) in [6.45, 7) is 5.92. The summed E-state index contributed by atoms with van der Waals surface area (Å²) in [6, 6.07) is 21.7. The summed E-state index contributed by atoms with van der Waals surface area (Å²) in [7, 11) is 0. The molecule has 1 unspecified atom stereocenters. The van der Waals surface area contributed by atoms with Crippen LogP contribution in [0, 0.1) is 13.8 Å². The first-order valence-electron chi connectivity index (χ1n) is 11.2. The van der Waals surface area contributed by atoms with Gasteiger partial charge in [0.25, 0.3) is 0 Å². The number of ether oxygens (including phenoxy) is 1. The molecule has 5 rings (SSSR count). The maximum Gasteiger partial charge on any atom is 0.227 e. The van der Waals surface area contributed by atoms with Gasteiger partial charge in [0.1, 0.15) is 18.2 Å². The van der Waals surface area contributed by atoms with Crippen LogP contribution in [0.15, 0.2) is 66.7 Å². The number of aryl methyl sites for hydroxylation is 2. The number of carbonyl (C=O) groups excluding carboxylic acids is 1. The number of anilines is 1. The van der Waals surface area contributed by atoms with Crippen molar-refractivity contribution in [2.24, 2.45) is 0 Å². The maximum atomic E-state index is 12.9. The highest BCUT2D eigenvalue weighted by Gasteiger charge is 2.34. The minimum absolute atomic E-state index is 0.0146. The Morgan fingerprint density at radius 3 is 2.48 bits per heavy atom. The van der Waals surface area contributed by atoms with Crippen LogP contribution in [-0.2, 0) is 11.3 Å². The lowest BCUT2D eigenvalue weighted by molar-refractivity contribution is -0.117. The Kier molecular flexibility index (Phi) is 5.81. The highest BCUT2D eigenvalue weighted by molar-refractivity contribution is 6.30. The van der Waals surface area contributed by atoms with Crippen molar-refractivity contribution in [2.45, 2.75) is 32.7 Å². The third kappa shape index (κ3) is 4.21. The van der Waals surface area contributed by atoms with Gasteiger partial charge in [0.05, 0.1) is 17.6 Å². The fourth-order valence-corrected chi connectivity index (χ4v) is 4.78. The number of benzene rings is 3. The van der Waals surface area contributed by atoms with Gasteiger partial charge in [0.15, 0.2) is 0 Å². The van der Waals surface area contributed by atoms with E-state index in [9.17, 15) is 4.79 Å². The van der Waals surface area contributed by atoms with Crippen LogP contribution in [0.2, 0.25) is 5.02 Å². The van der Waals surface area contributed by atoms with Gasteiger partial charge in [-0.05, 0) is 61.4 Å². The Labute approximate surface area is 198 Å². The molecule has 1 atom stereocenters. The van der Waals surface area contributed by atoms with E-state index in [4.69, 9.17) is 21.3 Å². The van der Waals surface area contributed by atoms with Gasteiger partial charge in [-0.3, -0.25) is 4.79 Å². The van der Waals surface area contributed by atoms with Crippen molar-refractivity contribution < 1.29 is 9.53 Å². The molecular formula is C27H26ClN3O2. The summed E-state index contributed by atoms with van der Waals surface area (Å²) in [5.41, 5.74) is 5.14. The third-order valence-corrected chi connectivity index (χ3v) is 6.53. The van der Waals surface area contributed by atoms with Crippen molar-refractivity contribution in [1.29, 1.82) is 0 Å². The Morgan fingerprint density at radius 1 is 1.00 bits per heavy atom. The first kappa shape index (κ1) is 21.5. The van der Waals surface area contributed by atoms with E-state index in [0.29, 0.717) is 31.1 Å². The van der Waals surface area contributed by atoms with Crippen molar-refractivity contribution in [2.75, 3.05) is 18.1 Å². The van der Waals surface area contributed by atoms with Crippen molar-refractivity contribution in [3.63, 3.8) is 0 Å². The van der Waals surface area contributed by atoms with Crippen molar-refractivity contribution in [3.05, 3.63) is 88.7 Å². The number of amides is 1. The molecule has 6 heteroatoms. The molecule has 0 radical (unpaired) electrons. The van der Waals surface area contributed by atoms with Crippen LogP contribution in [0.25, 0.3) is 11.0 Å². The molecule has 0 N–H and O–H groups in total. The number of para-hydroxylation sites is 3. The lowest BCUT2D eigenvalue weighted by Crippen LogP contribution is -2.24. The molecular weight excluding hydrogens is 434 g/mol. The van der Waals surface area contributed by atoms with Gasteiger partial charge in [-0.15, -0.1) is 0 Å². The minimum atomic E-state index is 0.0146. The fourth-order valence-electron chi connectivity index (χ4n) is 4.66. The zero-order valence-electron chi connectivity index (χ0n) is 18.8. The van der Waals surface area contributed by atoms with E-state index in [1.165, 1.54) is 0 Å². The Hall–Kier alpha value is -3.31. The van der Waals surface area contributed by atoms with Crippen LogP contribution in [0.5, 0.6) is 5.75 Å². The zero-order valence-corrected chi connectivity index (χ0v) is 19.5. The molecule has 1 aromatic heterocycles. The number of halogens is 1. The number of fused-ring (bicyclic) bond motifs is 1. The quantitative estimate of drug-likeness (QED) is 0.360. The van der Waals surface area contributed by atoms with E-state index < -0.39 is 0 Å². The van der Waals surface area contributed by atoms with Gasteiger partial charge in [-0.25, -0.2) is 4.98 Å². The van der Waals surface area contributed by atoms with E-state index in [-0.39, 0.29) is 11.8 Å². The molecule has 0 aliphatic carbocycles. The average Bonchev–Trinajstić information content (AvgIpc) is 3.37. The maximum absolute atomic E-state index is 12.9. The molecule has 1 amide bonds. The van der Waals surface area contributed by atoms with Crippen LogP contribution in [0.4, 0.5) is 5.69 Å². The third-order valence-electron chi connectivity index (χ3n) is 6.28. The minimum Gasteiger partial charge on any atom is -0.491 e. The largest absolute Gasteiger partial charge is 0.491 e. The molecule has 1 aliphatic rings. The molecule has 0 spiro atoms. The predicted octanol–water partition coefficient (Wildman–Crippen LogP) is 5.91. The van der Waals surface area contributed by atoms with Crippen molar-refractivity contribution in [1.82, 2.24) is 9.55 Å². The van der Waals surface area contributed by atoms with E-state index in [0.717, 1.165) is 39.4 Å². The average molecular weight is 460 g/mol. The van der Waals surface area contributed by atoms with Crippen molar-refractivity contribution >= 4 is 34.2 Å².